The van der Waals surface area contributed by atoms with E-state index in [1.807, 2.05) is 30.3 Å². The fourth-order valence-corrected chi connectivity index (χ4v) is 5.95. The second-order valence-corrected chi connectivity index (χ2v) is 10.4. The van der Waals surface area contributed by atoms with Crippen LogP contribution in [0.4, 0.5) is 5.69 Å². The molecule has 3 saturated heterocycles. The van der Waals surface area contributed by atoms with Gasteiger partial charge in [-0.2, -0.15) is 5.10 Å². The number of carbonyl (C=O) groups excluding carboxylic acids is 1. The van der Waals surface area contributed by atoms with Crippen LogP contribution in [-0.4, -0.2) is 61.8 Å². The zero-order valence-electron chi connectivity index (χ0n) is 18.8. The fourth-order valence-electron chi connectivity index (χ4n) is 4.65. The molecule has 10 heteroatoms. The molecule has 1 aromatic heterocycles. The SMILES string of the molecule is COc1cn(-c2ccccc2)nc1C(=O)Nc1ccc(S(=O)(=O)N[C@@H]2CN3CCC2CC3)cc1. The molecule has 2 bridgehead atoms. The molecule has 3 aliphatic heterocycles. The number of para-hydroxylation sites is 1. The molecule has 0 unspecified atom stereocenters. The number of hydrogen-bond donors (Lipinski definition) is 2. The number of rotatable bonds is 7. The second-order valence-electron chi connectivity index (χ2n) is 8.67. The van der Waals surface area contributed by atoms with Crippen LogP contribution < -0.4 is 14.8 Å². The molecule has 0 aliphatic carbocycles. The number of aromatic nitrogens is 2. The highest BCUT2D eigenvalue weighted by Gasteiger charge is 2.36. The number of carbonyl (C=O) groups is 1. The minimum Gasteiger partial charge on any atom is -0.493 e. The van der Waals surface area contributed by atoms with Crippen LogP contribution in [0.5, 0.6) is 5.75 Å². The van der Waals surface area contributed by atoms with Crippen molar-refractivity contribution in [1.29, 1.82) is 0 Å². The van der Waals surface area contributed by atoms with Crippen LogP contribution in [0.15, 0.2) is 65.7 Å². The average Bonchev–Trinajstić information content (AvgIpc) is 3.30. The van der Waals surface area contributed by atoms with E-state index in [1.54, 1.807) is 23.0 Å². The molecule has 1 atom stereocenters. The van der Waals surface area contributed by atoms with Gasteiger partial charge in [0.05, 0.1) is 23.9 Å². The molecule has 0 saturated carbocycles. The van der Waals surface area contributed by atoms with Crippen molar-refractivity contribution in [2.24, 2.45) is 5.92 Å². The van der Waals surface area contributed by atoms with Crippen molar-refractivity contribution < 1.29 is 17.9 Å². The zero-order chi connectivity index (χ0) is 23.7. The Kier molecular flexibility index (Phi) is 6.11. The number of benzene rings is 2. The van der Waals surface area contributed by atoms with Gasteiger partial charge in [0.1, 0.15) is 0 Å². The molecule has 3 fully saturated rings. The standard InChI is InChI=1S/C24H27N5O4S/c1-33-22-16-29(19-5-3-2-4-6-19)26-23(22)24(30)25-18-7-9-20(10-8-18)34(31,32)27-21-15-28-13-11-17(21)12-14-28/h2-10,16-17,21,27H,11-15H2,1H3,(H,25,30)/t21-/m1/s1. The molecule has 2 N–H and O–H groups in total. The summed E-state index contributed by atoms with van der Waals surface area (Å²) in [6, 6.07) is 15.5. The van der Waals surface area contributed by atoms with Crippen LogP contribution in [0, 0.1) is 5.92 Å². The highest BCUT2D eigenvalue weighted by Crippen LogP contribution is 2.29. The molecule has 3 aliphatic rings. The van der Waals surface area contributed by atoms with Crippen LogP contribution in [0.1, 0.15) is 23.3 Å². The van der Waals surface area contributed by atoms with Gasteiger partial charge in [-0.05, 0) is 68.2 Å². The first-order chi connectivity index (χ1) is 16.4. The first kappa shape index (κ1) is 22.6. The van der Waals surface area contributed by atoms with Gasteiger partial charge < -0.3 is 15.0 Å². The Morgan fingerprint density at radius 1 is 1.06 bits per heavy atom. The molecule has 3 aromatic rings. The van der Waals surface area contributed by atoms with E-state index in [2.05, 4.69) is 20.0 Å². The zero-order valence-corrected chi connectivity index (χ0v) is 19.7. The molecule has 1 amide bonds. The average molecular weight is 482 g/mol. The summed E-state index contributed by atoms with van der Waals surface area (Å²) in [5.41, 5.74) is 1.39. The number of anilines is 1. The van der Waals surface area contributed by atoms with Crippen molar-refractivity contribution in [2.45, 2.75) is 23.8 Å². The van der Waals surface area contributed by atoms with Crippen molar-refractivity contribution in [2.75, 3.05) is 32.1 Å². The predicted molar refractivity (Wildman–Crippen MR) is 128 cm³/mol. The maximum Gasteiger partial charge on any atom is 0.280 e. The first-order valence-electron chi connectivity index (χ1n) is 11.3. The van der Waals surface area contributed by atoms with Gasteiger partial charge in [-0.1, -0.05) is 18.2 Å². The lowest BCUT2D eigenvalue weighted by molar-refractivity contribution is 0.0827. The highest BCUT2D eigenvalue weighted by atomic mass is 32.2. The molecular weight excluding hydrogens is 454 g/mol. The van der Waals surface area contributed by atoms with Crippen molar-refractivity contribution in [3.8, 4) is 11.4 Å². The van der Waals surface area contributed by atoms with Gasteiger partial charge in [0.15, 0.2) is 11.4 Å². The minimum absolute atomic E-state index is 0.0564. The summed E-state index contributed by atoms with van der Waals surface area (Å²) in [7, 11) is -2.17. The number of amides is 1. The molecule has 6 rings (SSSR count). The van der Waals surface area contributed by atoms with E-state index < -0.39 is 15.9 Å². The Morgan fingerprint density at radius 2 is 1.76 bits per heavy atom. The van der Waals surface area contributed by atoms with Gasteiger partial charge in [-0.15, -0.1) is 0 Å². The summed E-state index contributed by atoms with van der Waals surface area (Å²) in [4.78, 5) is 15.3. The van der Waals surface area contributed by atoms with Crippen LogP contribution in [-0.2, 0) is 10.0 Å². The van der Waals surface area contributed by atoms with Gasteiger partial charge in [0.25, 0.3) is 5.91 Å². The number of piperidine rings is 3. The Hall–Kier alpha value is -3.21. The third kappa shape index (κ3) is 4.56. The van der Waals surface area contributed by atoms with Gasteiger partial charge >= 0.3 is 0 Å². The van der Waals surface area contributed by atoms with Crippen LogP contribution in [0.25, 0.3) is 5.69 Å². The number of sulfonamides is 1. The summed E-state index contributed by atoms with van der Waals surface area (Å²) in [5, 5.41) is 7.12. The summed E-state index contributed by atoms with van der Waals surface area (Å²) < 4.78 is 35.6. The van der Waals surface area contributed by atoms with Crippen LogP contribution in [0.3, 0.4) is 0 Å². The second kappa shape index (κ2) is 9.21. The Balaban J connectivity index is 1.28. The normalized spacial score (nSPS) is 21.9. The molecule has 9 nitrogen and oxygen atoms in total. The maximum atomic E-state index is 12.9. The lowest BCUT2D eigenvalue weighted by atomic mass is 9.85. The molecule has 34 heavy (non-hydrogen) atoms. The van der Waals surface area contributed by atoms with Crippen molar-refractivity contribution in [1.82, 2.24) is 19.4 Å². The van der Waals surface area contributed by atoms with Crippen molar-refractivity contribution in [3.63, 3.8) is 0 Å². The van der Waals surface area contributed by atoms with Crippen molar-refractivity contribution >= 4 is 21.6 Å². The summed E-state index contributed by atoms with van der Waals surface area (Å²) >= 11 is 0. The first-order valence-corrected chi connectivity index (χ1v) is 12.8. The third-order valence-corrected chi connectivity index (χ3v) is 8.03. The van der Waals surface area contributed by atoms with Crippen LogP contribution >= 0.6 is 0 Å². The molecule has 2 aromatic carbocycles. The van der Waals surface area contributed by atoms with E-state index in [4.69, 9.17) is 4.74 Å². The number of ether oxygens (including phenoxy) is 1. The quantitative estimate of drug-likeness (QED) is 0.537. The molecule has 0 radical (unpaired) electrons. The number of methoxy groups -OCH3 is 1. The van der Waals surface area contributed by atoms with Crippen molar-refractivity contribution in [3.05, 3.63) is 66.5 Å². The van der Waals surface area contributed by atoms with E-state index in [-0.39, 0.29) is 16.6 Å². The highest BCUT2D eigenvalue weighted by molar-refractivity contribution is 7.89. The Morgan fingerprint density at radius 3 is 2.38 bits per heavy atom. The van der Waals surface area contributed by atoms with Gasteiger partial charge in [0, 0.05) is 18.3 Å². The third-order valence-electron chi connectivity index (χ3n) is 6.52. The van der Waals surface area contributed by atoms with E-state index in [0.717, 1.165) is 38.2 Å². The minimum atomic E-state index is -3.64. The fraction of sp³-hybridized carbons (Fsp3) is 0.333. The number of hydrogen-bond acceptors (Lipinski definition) is 6. The van der Waals surface area contributed by atoms with Crippen LogP contribution in [0.2, 0.25) is 0 Å². The number of fused-ring (bicyclic) bond motifs is 3. The smallest absolute Gasteiger partial charge is 0.280 e. The van der Waals surface area contributed by atoms with Gasteiger partial charge in [0.2, 0.25) is 10.0 Å². The Bertz CT molecular complexity index is 1270. The maximum absolute atomic E-state index is 12.9. The molecule has 4 heterocycles. The van der Waals surface area contributed by atoms with Gasteiger partial charge in [-0.25, -0.2) is 17.8 Å². The molecular formula is C24H27N5O4S. The Labute approximate surface area is 198 Å². The lowest BCUT2D eigenvalue weighted by Gasteiger charge is -2.44. The van der Waals surface area contributed by atoms with E-state index in [9.17, 15) is 13.2 Å². The van der Waals surface area contributed by atoms with E-state index in [1.165, 1.54) is 19.2 Å². The predicted octanol–water partition coefficient (Wildman–Crippen LogP) is 2.51. The monoisotopic (exact) mass is 481 g/mol. The lowest BCUT2D eigenvalue weighted by Crippen LogP contribution is -2.57. The number of nitrogens with zero attached hydrogens (tertiary/aromatic N) is 3. The summed E-state index contributed by atoms with van der Waals surface area (Å²) in [5.74, 6) is 0.277. The summed E-state index contributed by atoms with van der Waals surface area (Å²) in [6.07, 6.45) is 3.70. The molecule has 0 spiro atoms. The number of nitrogens with one attached hydrogen (secondary N) is 2. The topological polar surface area (TPSA) is 106 Å². The summed E-state index contributed by atoms with van der Waals surface area (Å²) in [6.45, 7) is 2.85. The van der Waals surface area contributed by atoms with E-state index >= 15 is 0 Å². The largest absolute Gasteiger partial charge is 0.493 e. The van der Waals surface area contributed by atoms with E-state index in [0.29, 0.717) is 17.4 Å². The molecule has 178 valence electrons. The van der Waals surface area contributed by atoms with Gasteiger partial charge in [-0.3, -0.25) is 4.79 Å².